The molecule has 4 aromatic rings. The molecule has 0 spiro atoms. The molecular formula is C35H37N2O6P2Pd-. The Kier molecular flexibility index (Phi) is 19.6. The van der Waals surface area contributed by atoms with Crippen molar-refractivity contribution in [2.45, 2.75) is 18.9 Å². The molecule has 11 heteroatoms. The standard InChI is InChI=1S/C21H20NOP.C7H8NOP.C7H9O4.Pd/c23-21(18-13-7-8-14-20(18)24)22-19(17-11-5-2-6-12-17)15-16-9-3-1-4-10-16;8-7(9)5-3-1-2-4-6(5)10;1-10-6(8)4-3-5-7(9)11-2;/h1-14,19H,15,24H2,(H,22,23);1-4H,10H2,(H2,8,9);4H,5H2,1-2H3;/q;;-1;. The van der Waals surface area contributed by atoms with Gasteiger partial charge in [-0.05, 0) is 46.7 Å². The monoisotopic (exact) mass is 749 g/mol. The number of rotatable bonds is 9. The van der Waals surface area contributed by atoms with Crippen molar-refractivity contribution in [1.82, 2.24) is 5.32 Å². The first-order valence-electron chi connectivity index (χ1n) is 13.8. The normalized spacial score (nSPS) is 10.4. The molecule has 0 aliphatic carbocycles. The maximum Gasteiger partial charge on any atom is 0.291 e. The number of primary amides is 1. The van der Waals surface area contributed by atoms with Gasteiger partial charge in [0.15, 0.2) is 5.97 Å². The minimum atomic E-state index is -0.533. The fraction of sp³-hybridized carbons (Fsp3) is 0.143. The van der Waals surface area contributed by atoms with Crippen LogP contribution in [-0.2, 0) is 45.9 Å². The zero-order valence-electron chi connectivity index (χ0n) is 25.5. The van der Waals surface area contributed by atoms with Crippen molar-refractivity contribution < 1.29 is 49.1 Å². The molecule has 0 aliphatic rings. The summed E-state index contributed by atoms with van der Waals surface area (Å²) in [6.45, 7) is 0. The molecule has 4 aromatic carbocycles. The summed E-state index contributed by atoms with van der Waals surface area (Å²) in [5.74, 6) is -1.41. The van der Waals surface area contributed by atoms with E-state index in [0.717, 1.165) is 28.7 Å². The Hall–Kier alpha value is -3.98. The summed E-state index contributed by atoms with van der Waals surface area (Å²) in [7, 11) is 7.59. The number of nitrogens with two attached hydrogens (primary N) is 1. The van der Waals surface area contributed by atoms with Gasteiger partial charge in [-0.15, -0.1) is 18.5 Å². The van der Waals surface area contributed by atoms with Gasteiger partial charge < -0.3 is 25.3 Å². The summed E-state index contributed by atoms with van der Waals surface area (Å²) in [6.07, 6.45) is 4.19. The topological polar surface area (TPSA) is 125 Å². The van der Waals surface area contributed by atoms with E-state index in [1.807, 2.05) is 72.8 Å². The second kappa shape index (κ2) is 22.5. The van der Waals surface area contributed by atoms with Gasteiger partial charge in [-0.1, -0.05) is 97.1 Å². The summed E-state index contributed by atoms with van der Waals surface area (Å²) in [4.78, 5) is 44.2. The van der Waals surface area contributed by atoms with Crippen LogP contribution in [0.4, 0.5) is 0 Å². The van der Waals surface area contributed by atoms with Gasteiger partial charge in [0.2, 0.25) is 5.91 Å². The van der Waals surface area contributed by atoms with E-state index >= 15 is 0 Å². The van der Waals surface area contributed by atoms with Crippen molar-refractivity contribution in [2.24, 2.45) is 5.73 Å². The quantitative estimate of drug-likeness (QED) is 0.0867. The molecule has 0 radical (unpaired) electrons. The number of hydrogen-bond donors (Lipinski definition) is 2. The number of esters is 2. The summed E-state index contributed by atoms with van der Waals surface area (Å²) in [6, 6.07) is 35.0. The molecular weight excluding hydrogens is 713 g/mol. The van der Waals surface area contributed by atoms with E-state index in [0.29, 0.717) is 11.1 Å². The van der Waals surface area contributed by atoms with Gasteiger partial charge in [0.25, 0.3) is 11.9 Å². The van der Waals surface area contributed by atoms with Crippen LogP contribution in [0.25, 0.3) is 0 Å². The number of nitrogens with one attached hydrogen (secondary N) is 1. The summed E-state index contributed by atoms with van der Waals surface area (Å²) in [5.41, 5.74) is 8.62. The van der Waals surface area contributed by atoms with Crippen LogP contribution in [0.2, 0.25) is 0 Å². The van der Waals surface area contributed by atoms with Crippen molar-refractivity contribution in [3.05, 3.63) is 144 Å². The first-order chi connectivity index (χ1) is 21.7. The van der Waals surface area contributed by atoms with Gasteiger partial charge in [-0.3, -0.25) is 20.5 Å². The summed E-state index contributed by atoms with van der Waals surface area (Å²) >= 11 is 0. The average Bonchev–Trinajstić information content (AvgIpc) is 3.06. The van der Waals surface area contributed by atoms with Gasteiger partial charge in [-0.25, -0.2) is 0 Å². The molecule has 0 aliphatic heterocycles. The molecule has 8 nitrogen and oxygen atoms in total. The maximum atomic E-state index is 12.7. The summed E-state index contributed by atoms with van der Waals surface area (Å²) in [5, 5.41) is 4.93. The zero-order chi connectivity index (χ0) is 33.0. The van der Waals surface area contributed by atoms with Gasteiger partial charge in [0.1, 0.15) is 0 Å². The van der Waals surface area contributed by atoms with Crippen LogP contribution >= 0.6 is 18.5 Å². The molecule has 2 amide bonds. The Morgan fingerprint density at radius 2 is 1.26 bits per heavy atom. The van der Waals surface area contributed by atoms with E-state index in [4.69, 9.17) is 5.73 Å². The van der Waals surface area contributed by atoms with E-state index in [-0.39, 0.29) is 44.7 Å². The number of hydrogen-bond acceptors (Lipinski definition) is 6. The smallest absolute Gasteiger partial charge is 0.291 e. The fourth-order valence-corrected chi connectivity index (χ4v) is 4.49. The Labute approximate surface area is 288 Å². The molecule has 0 saturated carbocycles. The minimum absolute atomic E-state index is 0. The van der Waals surface area contributed by atoms with Gasteiger partial charge in [0, 0.05) is 31.5 Å². The van der Waals surface area contributed by atoms with Crippen LogP contribution in [0.1, 0.15) is 44.3 Å². The number of carbonyl (C=O) groups is 4. The van der Waals surface area contributed by atoms with E-state index in [1.165, 1.54) is 19.8 Å². The van der Waals surface area contributed by atoms with Gasteiger partial charge in [0.05, 0.1) is 20.3 Å². The Morgan fingerprint density at radius 3 is 1.74 bits per heavy atom. The largest absolute Gasteiger partial charge is 0.550 e. The predicted octanol–water partition coefficient (Wildman–Crippen LogP) is 4.27. The molecule has 46 heavy (non-hydrogen) atoms. The van der Waals surface area contributed by atoms with Crippen molar-refractivity contribution in [3.63, 3.8) is 0 Å². The first-order valence-corrected chi connectivity index (χ1v) is 14.9. The van der Waals surface area contributed by atoms with Crippen LogP contribution in [0.3, 0.4) is 0 Å². The molecule has 4 rings (SSSR count). The molecule has 0 fully saturated rings. The Balaban J connectivity index is 0.000000401. The predicted molar refractivity (Wildman–Crippen MR) is 183 cm³/mol. The third-order valence-corrected chi connectivity index (χ3v) is 7.12. The second-order valence-corrected chi connectivity index (χ2v) is 10.5. The number of benzene rings is 4. The fourth-order valence-electron chi connectivity index (χ4n) is 3.80. The third-order valence-electron chi connectivity index (χ3n) is 6.12. The number of carbonyl (C=O) groups excluding carboxylic acids is 4. The second-order valence-electron chi connectivity index (χ2n) is 9.29. The molecule has 3 atom stereocenters. The van der Waals surface area contributed by atoms with Crippen molar-refractivity contribution in [2.75, 3.05) is 14.2 Å². The van der Waals surface area contributed by atoms with Gasteiger partial charge in [-0.2, -0.15) is 6.08 Å². The van der Waals surface area contributed by atoms with E-state index in [9.17, 15) is 19.2 Å². The third kappa shape index (κ3) is 14.9. The molecule has 3 N–H and O–H groups in total. The zero-order valence-corrected chi connectivity index (χ0v) is 29.3. The molecule has 244 valence electrons. The summed E-state index contributed by atoms with van der Waals surface area (Å²) < 4.78 is 8.55. The molecule has 0 saturated heterocycles. The van der Waals surface area contributed by atoms with Crippen LogP contribution in [-0.4, -0.2) is 38.0 Å². The van der Waals surface area contributed by atoms with Crippen molar-refractivity contribution in [3.8, 4) is 0 Å². The molecule has 3 unspecified atom stereocenters. The molecule has 0 heterocycles. The average molecular weight is 750 g/mol. The van der Waals surface area contributed by atoms with Crippen LogP contribution in [0, 0.1) is 6.08 Å². The Bertz CT molecular complexity index is 1570. The van der Waals surface area contributed by atoms with E-state index in [2.05, 4.69) is 63.6 Å². The minimum Gasteiger partial charge on any atom is -0.550 e. The van der Waals surface area contributed by atoms with Crippen LogP contribution in [0.5, 0.6) is 0 Å². The van der Waals surface area contributed by atoms with Gasteiger partial charge >= 0.3 is 0 Å². The van der Waals surface area contributed by atoms with E-state index in [1.54, 1.807) is 12.1 Å². The number of amides is 2. The van der Waals surface area contributed by atoms with Crippen molar-refractivity contribution >= 4 is 52.8 Å². The SMILES string of the molecule is COC(=O)C=[C-]CC(=O)OC.NC(=O)c1ccccc1P.O=C(NC(Cc1ccccc1)c1ccccc1)c1ccccc1P.[Pd]. The first kappa shape index (κ1) is 40.0. The number of ether oxygens (including phenoxy) is 2. The van der Waals surface area contributed by atoms with E-state index < -0.39 is 11.9 Å². The molecule has 0 aromatic heterocycles. The van der Waals surface area contributed by atoms with Crippen LogP contribution in [0.15, 0.2) is 115 Å². The van der Waals surface area contributed by atoms with Crippen LogP contribution < -0.4 is 21.7 Å². The molecule has 0 bridgehead atoms. The maximum absolute atomic E-state index is 12.7. The Morgan fingerprint density at radius 1 is 0.761 bits per heavy atom. The van der Waals surface area contributed by atoms with Crippen molar-refractivity contribution in [1.29, 1.82) is 0 Å². The number of methoxy groups -OCH3 is 2.